The number of amides is 1. The minimum absolute atomic E-state index is 0.0587. The van der Waals surface area contributed by atoms with E-state index in [1.807, 2.05) is 46.0 Å². The molecule has 0 bridgehead atoms. The Morgan fingerprint density at radius 1 is 1.00 bits per heavy atom. The predicted octanol–water partition coefficient (Wildman–Crippen LogP) is 5.08. The van der Waals surface area contributed by atoms with E-state index >= 15 is 0 Å². The maximum absolute atomic E-state index is 13.4. The van der Waals surface area contributed by atoms with Gasteiger partial charge in [-0.15, -0.1) is 0 Å². The van der Waals surface area contributed by atoms with Crippen LogP contribution in [0.3, 0.4) is 0 Å². The molecule has 4 aromatic rings. The van der Waals surface area contributed by atoms with Gasteiger partial charge in [-0.3, -0.25) is 18.8 Å². The summed E-state index contributed by atoms with van der Waals surface area (Å²) in [5, 5.41) is 0.935. The molecule has 3 aliphatic rings. The summed E-state index contributed by atoms with van der Waals surface area (Å²) >= 11 is 3.69. The molecule has 0 radical (unpaired) electrons. The monoisotopic (exact) mass is 570 g/mol. The second kappa shape index (κ2) is 9.05. The average molecular weight is 571 g/mol. The molecule has 8 heteroatoms. The van der Waals surface area contributed by atoms with Gasteiger partial charge in [0.15, 0.2) is 11.6 Å². The number of carbonyl (C=O) groups excluding carboxylic acids is 3. The first-order valence-electron chi connectivity index (χ1n) is 13.3. The van der Waals surface area contributed by atoms with E-state index in [1.54, 1.807) is 6.20 Å². The van der Waals surface area contributed by atoms with Crippen molar-refractivity contribution >= 4 is 61.1 Å². The molecule has 1 aliphatic carbocycles. The van der Waals surface area contributed by atoms with Crippen LogP contribution in [0.25, 0.3) is 27.7 Å². The van der Waals surface area contributed by atoms with E-state index in [1.165, 1.54) is 6.42 Å². The molecule has 1 unspecified atom stereocenters. The average Bonchev–Trinajstić information content (AvgIpc) is 3.54. The second-order valence-electron chi connectivity index (χ2n) is 10.6. The van der Waals surface area contributed by atoms with Gasteiger partial charge in [0.2, 0.25) is 5.91 Å². The third-order valence-electron chi connectivity index (χ3n) is 8.29. The lowest BCUT2D eigenvalue weighted by molar-refractivity contribution is -0.136. The Morgan fingerprint density at radius 3 is 2.66 bits per heavy atom. The number of hydrogen-bond donors (Lipinski definition) is 0. The van der Waals surface area contributed by atoms with Crippen molar-refractivity contribution in [2.24, 2.45) is 5.92 Å². The summed E-state index contributed by atoms with van der Waals surface area (Å²) in [5.74, 6) is -0.132. The van der Waals surface area contributed by atoms with E-state index in [9.17, 15) is 14.4 Å². The minimum atomic E-state index is -0.175. The molecule has 0 spiro atoms. The molecule has 7 nitrogen and oxygen atoms in total. The molecular formula is C30H27BrN4O3. The third kappa shape index (κ3) is 3.68. The number of aryl methyl sites for hydroxylation is 1. The van der Waals surface area contributed by atoms with Crippen LogP contribution >= 0.6 is 15.9 Å². The van der Waals surface area contributed by atoms with Gasteiger partial charge in [-0.1, -0.05) is 22.0 Å². The standard InChI is InChI=1S/C30H27BrN4O3/c31-20-13-19-12-18(30(38)33-8-3-1-4-9-33)7-11-34-17-22(21(14-20)29(19)34)27-24(36)15-25(37)28(27)23-16-32-26-6-2-5-10-35(23)26/h2,5-6,10,13-14,16-18H,1,3-4,7-9,11-12,15H2. The maximum Gasteiger partial charge on any atom is 0.226 e. The number of carbonyl (C=O) groups is 3. The van der Waals surface area contributed by atoms with Crippen molar-refractivity contribution in [3.8, 4) is 0 Å². The van der Waals surface area contributed by atoms with Crippen molar-refractivity contribution < 1.29 is 14.4 Å². The van der Waals surface area contributed by atoms with Gasteiger partial charge in [0.25, 0.3) is 0 Å². The van der Waals surface area contributed by atoms with Gasteiger partial charge in [0, 0.05) is 58.9 Å². The zero-order valence-corrected chi connectivity index (χ0v) is 22.5. The van der Waals surface area contributed by atoms with Gasteiger partial charge in [-0.05, 0) is 61.9 Å². The molecule has 192 valence electrons. The summed E-state index contributed by atoms with van der Waals surface area (Å²) in [4.78, 5) is 46.5. The number of Topliss-reactive ketones (excluding diaryl/α,β-unsaturated/α-hetero) is 2. The number of imidazole rings is 1. The van der Waals surface area contributed by atoms with Gasteiger partial charge in [-0.2, -0.15) is 0 Å². The zero-order valence-electron chi connectivity index (χ0n) is 21.0. The fraction of sp³-hybridized carbons (Fsp3) is 0.333. The molecule has 2 aliphatic heterocycles. The SMILES string of the molecule is O=C1CC(=O)C(c2cnc3ccccn23)=C1c1cn2c3c(cc(Br)cc13)CC(C(=O)N1CCCCC1)CC2. The van der Waals surface area contributed by atoms with Gasteiger partial charge >= 0.3 is 0 Å². The molecule has 7 rings (SSSR count). The van der Waals surface area contributed by atoms with Crippen LogP contribution in [0, 0.1) is 5.92 Å². The Kier molecular flexibility index (Phi) is 5.62. The van der Waals surface area contributed by atoms with Crippen LogP contribution in [-0.2, 0) is 27.3 Å². The summed E-state index contributed by atoms with van der Waals surface area (Å²) in [6.07, 6.45) is 10.2. The number of benzene rings is 1. The number of nitrogens with zero attached hydrogens (tertiary/aromatic N) is 4. The lowest BCUT2D eigenvalue weighted by atomic mass is 9.92. The lowest BCUT2D eigenvalue weighted by Gasteiger charge is -2.30. The van der Waals surface area contributed by atoms with Gasteiger partial charge < -0.3 is 9.47 Å². The van der Waals surface area contributed by atoms with E-state index in [-0.39, 0.29) is 29.8 Å². The van der Waals surface area contributed by atoms with E-state index in [0.717, 1.165) is 64.5 Å². The van der Waals surface area contributed by atoms with Crippen LogP contribution in [0.15, 0.2) is 53.4 Å². The van der Waals surface area contributed by atoms with Crippen molar-refractivity contribution in [3.63, 3.8) is 0 Å². The topological polar surface area (TPSA) is 76.7 Å². The Morgan fingerprint density at radius 2 is 1.82 bits per heavy atom. The molecule has 3 aromatic heterocycles. The number of aromatic nitrogens is 3. The largest absolute Gasteiger partial charge is 0.347 e. The van der Waals surface area contributed by atoms with E-state index in [2.05, 4.69) is 31.5 Å². The summed E-state index contributed by atoms with van der Waals surface area (Å²) in [7, 11) is 0. The molecular weight excluding hydrogens is 544 g/mol. The molecule has 1 amide bonds. The first kappa shape index (κ1) is 23.6. The summed E-state index contributed by atoms with van der Waals surface area (Å²) in [6, 6.07) is 9.81. The van der Waals surface area contributed by atoms with E-state index in [4.69, 9.17) is 0 Å². The Labute approximate surface area is 228 Å². The highest BCUT2D eigenvalue weighted by molar-refractivity contribution is 9.10. The molecule has 0 saturated carbocycles. The van der Waals surface area contributed by atoms with Crippen LogP contribution in [-0.4, -0.2) is 49.4 Å². The predicted molar refractivity (Wildman–Crippen MR) is 149 cm³/mol. The Bertz CT molecular complexity index is 1690. The zero-order chi connectivity index (χ0) is 26.0. The number of hydrogen-bond acceptors (Lipinski definition) is 4. The summed E-state index contributed by atoms with van der Waals surface area (Å²) < 4.78 is 4.95. The van der Waals surface area contributed by atoms with Crippen molar-refractivity contribution in [2.45, 2.75) is 45.1 Å². The molecule has 1 saturated heterocycles. The van der Waals surface area contributed by atoms with Crippen LogP contribution in [0.5, 0.6) is 0 Å². The first-order chi connectivity index (χ1) is 18.5. The second-order valence-corrected chi connectivity index (χ2v) is 11.5. The van der Waals surface area contributed by atoms with Crippen molar-refractivity contribution in [1.29, 1.82) is 0 Å². The van der Waals surface area contributed by atoms with Crippen molar-refractivity contribution in [2.75, 3.05) is 13.1 Å². The van der Waals surface area contributed by atoms with Crippen LogP contribution in [0.1, 0.15) is 48.9 Å². The third-order valence-corrected chi connectivity index (χ3v) is 8.75. The quantitative estimate of drug-likeness (QED) is 0.322. The minimum Gasteiger partial charge on any atom is -0.347 e. The molecule has 5 heterocycles. The van der Waals surface area contributed by atoms with Crippen LogP contribution < -0.4 is 0 Å². The smallest absolute Gasteiger partial charge is 0.226 e. The highest BCUT2D eigenvalue weighted by atomic mass is 79.9. The molecule has 0 N–H and O–H groups in total. The number of ketones is 2. The fourth-order valence-electron chi connectivity index (χ4n) is 6.54. The van der Waals surface area contributed by atoms with Crippen molar-refractivity contribution in [3.05, 3.63) is 70.2 Å². The Balaban J connectivity index is 1.37. The number of halogens is 1. The summed E-state index contributed by atoms with van der Waals surface area (Å²) in [6.45, 7) is 2.40. The lowest BCUT2D eigenvalue weighted by Crippen LogP contribution is -2.40. The molecule has 38 heavy (non-hydrogen) atoms. The van der Waals surface area contributed by atoms with Crippen LogP contribution in [0.2, 0.25) is 0 Å². The highest BCUT2D eigenvalue weighted by Gasteiger charge is 2.37. The molecule has 1 aromatic carbocycles. The first-order valence-corrected chi connectivity index (χ1v) is 14.1. The van der Waals surface area contributed by atoms with E-state index < -0.39 is 0 Å². The number of likely N-dealkylation sites (tertiary alicyclic amines) is 1. The van der Waals surface area contributed by atoms with Gasteiger partial charge in [0.05, 0.1) is 29.4 Å². The van der Waals surface area contributed by atoms with Crippen LogP contribution in [0.4, 0.5) is 0 Å². The van der Waals surface area contributed by atoms with Crippen molar-refractivity contribution in [1.82, 2.24) is 18.9 Å². The summed E-state index contributed by atoms with van der Waals surface area (Å²) in [5.41, 5.74) is 5.20. The van der Waals surface area contributed by atoms with Gasteiger partial charge in [0.1, 0.15) is 5.65 Å². The number of piperidine rings is 1. The normalized spacial score (nSPS) is 20.1. The number of allylic oxidation sites excluding steroid dienone is 2. The fourth-order valence-corrected chi connectivity index (χ4v) is 7.05. The van der Waals surface area contributed by atoms with E-state index in [0.29, 0.717) is 29.8 Å². The number of pyridine rings is 1. The molecule has 1 fully saturated rings. The van der Waals surface area contributed by atoms with Gasteiger partial charge in [-0.25, -0.2) is 4.98 Å². The molecule has 1 atom stereocenters. The Hall–Kier alpha value is -3.52. The highest BCUT2D eigenvalue weighted by Crippen LogP contribution is 2.42. The number of fused-ring (bicyclic) bond motifs is 1. The maximum atomic E-state index is 13.4. The number of rotatable bonds is 3.